The topological polar surface area (TPSA) is 139 Å². The predicted molar refractivity (Wildman–Crippen MR) is 95.3 cm³/mol. The van der Waals surface area contributed by atoms with E-state index in [2.05, 4.69) is 5.16 Å². The smallest absolute Gasteiger partial charge is 0.306 e. The molecule has 28 heavy (non-hydrogen) atoms. The third-order valence-electron chi connectivity index (χ3n) is 7.40. The first kappa shape index (κ1) is 18.6. The maximum absolute atomic E-state index is 12.6. The minimum absolute atomic E-state index is 0.0138. The van der Waals surface area contributed by atoms with Crippen molar-refractivity contribution in [1.82, 2.24) is 5.16 Å². The molecule has 10 heteroatoms. The van der Waals surface area contributed by atoms with Gasteiger partial charge in [0.15, 0.2) is 0 Å². The van der Waals surface area contributed by atoms with Gasteiger partial charge < -0.3 is 5.21 Å². The largest absolute Gasteiger partial charge is 0.359 e. The fourth-order valence-electron chi connectivity index (χ4n) is 5.67. The van der Waals surface area contributed by atoms with Gasteiger partial charge in [0, 0.05) is 27.8 Å². The van der Waals surface area contributed by atoms with Gasteiger partial charge in [0.1, 0.15) is 11.8 Å². The molecule has 0 aliphatic heterocycles. The number of aromatic nitrogens is 2. The zero-order chi connectivity index (χ0) is 20.6. The fraction of sp³-hybridized carbons (Fsp3) is 0.667. The average molecular weight is 390 g/mol. The van der Waals surface area contributed by atoms with Crippen molar-refractivity contribution >= 4 is 0 Å². The molecule has 0 aromatic carbocycles. The van der Waals surface area contributed by atoms with E-state index >= 15 is 0 Å². The minimum Gasteiger partial charge on any atom is -0.359 e. The first-order chi connectivity index (χ1) is 13.1. The third-order valence-corrected chi connectivity index (χ3v) is 7.40. The molecular formula is C18H22N4O6. The molecule has 1 heterocycles. The van der Waals surface area contributed by atoms with Crippen LogP contribution in [0.1, 0.15) is 70.7 Å². The van der Waals surface area contributed by atoms with E-state index in [-0.39, 0.29) is 46.9 Å². The molecule has 4 atom stereocenters. The Balaban J connectivity index is 2.13. The van der Waals surface area contributed by atoms with E-state index in [4.69, 9.17) is 4.63 Å². The van der Waals surface area contributed by atoms with Crippen molar-refractivity contribution in [1.29, 1.82) is 0 Å². The van der Waals surface area contributed by atoms with Gasteiger partial charge in [-0.05, 0) is 45.4 Å². The maximum Gasteiger partial charge on any atom is 0.306 e. The Morgan fingerprint density at radius 2 is 1.61 bits per heavy atom. The SMILES string of the molecule is CC1=C(C)C[C@]2([N+](=O)[O-])[C@H](C1)c1c(no[n+]1[O-])[C@@]1([N+](=O)[O-])CC(C)=C(C)C[C@@H]21. The standard InChI is InChI=1S/C18H22N4O6/c1-9-5-13-15-16(19-28-20(15)23)18(22(26)27)8-12(4)10(2)6-14(18)17(13,21(24)25)7-11(9)3/h13-14H,5-8H2,1-4H3/t13-,14+,17+,18-/m1/s1. The van der Waals surface area contributed by atoms with Gasteiger partial charge in [0.05, 0.1) is 0 Å². The van der Waals surface area contributed by atoms with Crippen LogP contribution in [0, 0.1) is 31.4 Å². The Morgan fingerprint density at radius 1 is 1.00 bits per heavy atom. The molecule has 1 aromatic heterocycles. The van der Waals surface area contributed by atoms with Gasteiger partial charge >= 0.3 is 5.54 Å². The van der Waals surface area contributed by atoms with Crippen LogP contribution in [-0.4, -0.2) is 20.5 Å². The zero-order valence-electron chi connectivity index (χ0n) is 16.2. The lowest BCUT2D eigenvalue weighted by Crippen LogP contribution is -2.67. The summed E-state index contributed by atoms with van der Waals surface area (Å²) in [6.07, 6.45) is 0.574. The minimum atomic E-state index is -1.84. The van der Waals surface area contributed by atoms with Crippen molar-refractivity contribution in [2.75, 3.05) is 0 Å². The number of fused-ring (bicyclic) bond motifs is 6. The second-order valence-electron chi connectivity index (χ2n) is 8.58. The first-order valence-electron chi connectivity index (χ1n) is 9.26. The monoisotopic (exact) mass is 390 g/mol. The number of nitrogens with zero attached hydrogens (tertiary/aromatic N) is 4. The number of nitro groups is 2. The summed E-state index contributed by atoms with van der Waals surface area (Å²) in [5.41, 5.74) is -0.0443. The molecule has 0 N–H and O–H groups in total. The van der Waals surface area contributed by atoms with E-state index < -0.39 is 27.8 Å². The average Bonchev–Trinajstić information content (AvgIpc) is 3.00. The normalized spacial score (nSPS) is 34.6. The summed E-state index contributed by atoms with van der Waals surface area (Å²) >= 11 is 0. The number of allylic oxidation sites excluding steroid dienone is 2. The predicted octanol–water partition coefficient (Wildman–Crippen LogP) is 2.77. The summed E-state index contributed by atoms with van der Waals surface area (Å²) in [6, 6.07) is 0. The van der Waals surface area contributed by atoms with E-state index in [0.717, 1.165) is 22.3 Å². The molecule has 0 unspecified atom stereocenters. The van der Waals surface area contributed by atoms with Crippen LogP contribution < -0.4 is 4.90 Å². The summed E-state index contributed by atoms with van der Waals surface area (Å²) in [5.74, 6) is -1.73. The number of rotatable bonds is 2. The van der Waals surface area contributed by atoms with Crippen molar-refractivity contribution in [2.45, 2.75) is 70.4 Å². The van der Waals surface area contributed by atoms with Gasteiger partial charge in [-0.1, -0.05) is 22.3 Å². The Kier molecular flexibility index (Phi) is 3.73. The second kappa shape index (κ2) is 5.62. The van der Waals surface area contributed by atoms with E-state index in [9.17, 15) is 25.4 Å². The number of hydrogen-bond acceptors (Lipinski definition) is 7. The maximum atomic E-state index is 12.6. The molecule has 150 valence electrons. The molecule has 10 nitrogen and oxygen atoms in total. The van der Waals surface area contributed by atoms with Crippen LogP contribution in [0.25, 0.3) is 0 Å². The van der Waals surface area contributed by atoms with Crippen molar-refractivity contribution in [3.8, 4) is 0 Å². The molecule has 4 rings (SSSR count). The Labute approximate surface area is 160 Å². The summed E-state index contributed by atoms with van der Waals surface area (Å²) in [6.45, 7) is 7.37. The molecule has 0 spiro atoms. The Bertz CT molecular complexity index is 979. The van der Waals surface area contributed by atoms with Gasteiger partial charge in [-0.25, -0.2) is 0 Å². The quantitative estimate of drug-likeness (QED) is 0.327. The molecule has 3 aliphatic rings. The molecule has 0 radical (unpaired) electrons. The Morgan fingerprint density at radius 3 is 2.21 bits per heavy atom. The van der Waals surface area contributed by atoms with Crippen LogP contribution in [0.15, 0.2) is 26.9 Å². The zero-order valence-corrected chi connectivity index (χ0v) is 16.2. The van der Waals surface area contributed by atoms with Gasteiger partial charge in [-0.2, -0.15) is 0 Å². The number of hydrogen-bond donors (Lipinski definition) is 0. The van der Waals surface area contributed by atoms with Gasteiger partial charge in [0.25, 0.3) is 5.69 Å². The molecule has 0 saturated heterocycles. The van der Waals surface area contributed by atoms with E-state index in [1.54, 1.807) is 6.92 Å². The summed E-state index contributed by atoms with van der Waals surface area (Å²) in [5, 5.41) is 41.3. The summed E-state index contributed by atoms with van der Waals surface area (Å²) < 4.78 is 4.79. The fourth-order valence-corrected chi connectivity index (χ4v) is 5.67. The van der Waals surface area contributed by atoms with E-state index in [0.29, 0.717) is 0 Å². The first-order valence-corrected chi connectivity index (χ1v) is 9.26. The second-order valence-corrected chi connectivity index (χ2v) is 8.58. The van der Waals surface area contributed by atoms with Gasteiger partial charge in [-0.15, -0.1) is 0 Å². The van der Waals surface area contributed by atoms with Crippen LogP contribution in [0.2, 0.25) is 0 Å². The van der Waals surface area contributed by atoms with Gasteiger partial charge in [-0.3, -0.25) is 24.9 Å². The highest BCUT2D eigenvalue weighted by Crippen LogP contribution is 2.63. The molecule has 0 bridgehead atoms. The highest BCUT2D eigenvalue weighted by atomic mass is 16.8. The lowest BCUT2D eigenvalue weighted by atomic mass is 9.50. The van der Waals surface area contributed by atoms with E-state index in [1.807, 2.05) is 20.8 Å². The molecule has 0 saturated carbocycles. The van der Waals surface area contributed by atoms with E-state index in [1.165, 1.54) is 0 Å². The van der Waals surface area contributed by atoms with Crippen LogP contribution in [0.3, 0.4) is 0 Å². The van der Waals surface area contributed by atoms with Crippen LogP contribution in [-0.2, 0) is 5.54 Å². The molecular weight excluding hydrogens is 368 g/mol. The van der Waals surface area contributed by atoms with Crippen molar-refractivity contribution in [3.05, 3.63) is 59.1 Å². The van der Waals surface area contributed by atoms with Crippen LogP contribution >= 0.6 is 0 Å². The van der Waals surface area contributed by atoms with Crippen molar-refractivity contribution in [2.24, 2.45) is 5.92 Å². The van der Waals surface area contributed by atoms with Crippen LogP contribution in [0.5, 0.6) is 0 Å². The molecule has 1 aromatic rings. The molecule has 0 fully saturated rings. The summed E-state index contributed by atoms with van der Waals surface area (Å²) in [4.78, 5) is 24.4. The van der Waals surface area contributed by atoms with Crippen LogP contribution in [0.4, 0.5) is 0 Å². The van der Waals surface area contributed by atoms with Crippen molar-refractivity contribution < 1.29 is 19.4 Å². The molecule has 0 amide bonds. The lowest BCUT2D eigenvalue weighted by Gasteiger charge is -2.49. The molecule has 3 aliphatic carbocycles. The lowest BCUT2D eigenvalue weighted by molar-refractivity contribution is -0.811. The Hall–Kier alpha value is -2.78. The highest BCUT2D eigenvalue weighted by Gasteiger charge is 2.79. The highest BCUT2D eigenvalue weighted by molar-refractivity contribution is 5.40. The summed E-state index contributed by atoms with van der Waals surface area (Å²) in [7, 11) is 0. The van der Waals surface area contributed by atoms with Crippen molar-refractivity contribution in [3.63, 3.8) is 0 Å². The van der Waals surface area contributed by atoms with Gasteiger partial charge in [0.2, 0.25) is 11.2 Å². The third kappa shape index (κ3) is 1.97.